The van der Waals surface area contributed by atoms with Gasteiger partial charge in [0.1, 0.15) is 4.88 Å². The van der Waals surface area contributed by atoms with E-state index in [1.807, 2.05) is 12.1 Å². The number of nitrogens with one attached hydrogen (secondary N) is 2. The van der Waals surface area contributed by atoms with Crippen LogP contribution < -0.4 is 14.9 Å². The molecule has 0 bridgehead atoms. The average molecular weight is 442 g/mol. The van der Waals surface area contributed by atoms with E-state index in [9.17, 15) is 13.2 Å². The SMILES string of the molecule is CS(=O)(=O)Nc1ccsc1C(=O)NCc1ccc(CN2CCc3ccccc32)cc1. The van der Waals surface area contributed by atoms with Gasteiger partial charge in [-0.25, -0.2) is 8.42 Å². The molecule has 0 fully saturated rings. The van der Waals surface area contributed by atoms with Crippen molar-refractivity contribution in [3.8, 4) is 0 Å². The van der Waals surface area contributed by atoms with Gasteiger partial charge >= 0.3 is 0 Å². The van der Waals surface area contributed by atoms with Crippen molar-refractivity contribution < 1.29 is 13.2 Å². The van der Waals surface area contributed by atoms with Gasteiger partial charge in [-0.2, -0.15) is 0 Å². The van der Waals surface area contributed by atoms with E-state index in [1.165, 1.54) is 28.2 Å². The Morgan fingerprint density at radius 3 is 2.57 bits per heavy atom. The number of rotatable bonds is 7. The molecule has 2 N–H and O–H groups in total. The van der Waals surface area contributed by atoms with Crippen LogP contribution in [0.1, 0.15) is 26.4 Å². The second-order valence-electron chi connectivity index (χ2n) is 7.34. The van der Waals surface area contributed by atoms with Gasteiger partial charge in [-0.05, 0) is 40.6 Å². The number of para-hydroxylation sites is 1. The van der Waals surface area contributed by atoms with E-state index >= 15 is 0 Å². The number of hydrogen-bond donors (Lipinski definition) is 2. The zero-order chi connectivity index (χ0) is 21.1. The van der Waals surface area contributed by atoms with Crippen molar-refractivity contribution in [1.29, 1.82) is 0 Å². The summed E-state index contributed by atoms with van der Waals surface area (Å²) >= 11 is 1.20. The maximum absolute atomic E-state index is 12.5. The summed E-state index contributed by atoms with van der Waals surface area (Å²) in [5.74, 6) is -0.297. The van der Waals surface area contributed by atoms with Crippen LogP contribution in [0.3, 0.4) is 0 Å². The topological polar surface area (TPSA) is 78.5 Å². The zero-order valence-corrected chi connectivity index (χ0v) is 18.2. The molecule has 4 rings (SSSR count). The Labute approximate surface area is 180 Å². The van der Waals surface area contributed by atoms with Crippen molar-refractivity contribution in [2.24, 2.45) is 0 Å². The standard InChI is InChI=1S/C22H23N3O3S2/c1-30(27,28)24-19-11-13-29-21(19)22(26)23-14-16-6-8-17(9-7-16)15-25-12-10-18-4-2-3-5-20(18)25/h2-9,11,13,24H,10,12,14-15H2,1H3,(H,23,26). The highest BCUT2D eigenvalue weighted by Crippen LogP contribution is 2.29. The summed E-state index contributed by atoms with van der Waals surface area (Å²) in [6, 6.07) is 18.3. The van der Waals surface area contributed by atoms with Crippen LogP contribution in [0.4, 0.5) is 11.4 Å². The first-order valence-corrected chi connectivity index (χ1v) is 12.4. The number of benzene rings is 2. The van der Waals surface area contributed by atoms with Crippen molar-refractivity contribution >= 4 is 38.6 Å². The first-order chi connectivity index (χ1) is 14.4. The molecule has 1 aromatic heterocycles. The Hall–Kier alpha value is -2.84. The quantitative estimate of drug-likeness (QED) is 0.587. The molecule has 0 spiro atoms. The molecular weight excluding hydrogens is 418 g/mol. The summed E-state index contributed by atoms with van der Waals surface area (Å²) in [5.41, 5.74) is 5.22. The molecule has 0 unspecified atom stereocenters. The Morgan fingerprint density at radius 1 is 1.07 bits per heavy atom. The smallest absolute Gasteiger partial charge is 0.263 e. The summed E-state index contributed by atoms with van der Waals surface area (Å²) in [5, 5.41) is 4.55. The molecular formula is C22H23N3O3S2. The minimum atomic E-state index is -3.43. The minimum absolute atomic E-state index is 0.297. The van der Waals surface area contributed by atoms with Crippen LogP contribution in [-0.2, 0) is 29.5 Å². The molecule has 2 heterocycles. The molecule has 0 saturated heterocycles. The molecule has 156 valence electrons. The fourth-order valence-corrected chi connectivity index (χ4v) is 4.98. The first kappa shape index (κ1) is 20.4. The van der Waals surface area contributed by atoms with E-state index in [0.717, 1.165) is 31.3 Å². The fourth-order valence-electron chi connectivity index (χ4n) is 3.58. The maximum Gasteiger partial charge on any atom is 0.263 e. The monoisotopic (exact) mass is 441 g/mol. The fraction of sp³-hybridized carbons (Fsp3) is 0.227. The maximum atomic E-state index is 12.5. The molecule has 0 radical (unpaired) electrons. The summed E-state index contributed by atoms with van der Waals surface area (Å²) in [4.78, 5) is 15.2. The van der Waals surface area contributed by atoms with Gasteiger partial charge in [-0.3, -0.25) is 9.52 Å². The number of carbonyl (C=O) groups is 1. The molecule has 2 aromatic carbocycles. The lowest BCUT2D eigenvalue weighted by molar-refractivity contribution is 0.0956. The lowest BCUT2D eigenvalue weighted by atomic mass is 10.1. The minimum Gasteiger partial charge on any atom is -0.367 e. The summed E-state index contributed by atoms with van der Waals surface area (Å²) in [6.07, 6.45) is 2.15. The Balaban J connectivity index is 1.35. The van der Waals surface area contributed by atoms with Crippen molar-refractivity contribution in [2.75, 3.05) is 22.4 Å². The number of thiophene rings is 1. The number of sulfonamides is 1. The predicted octanol–water partition coefficient (Wildman–Crippen LogP) is 3.61. The lowest BCUT2D eigenvalue weighted by Gasteiger charge is -2.19. The van der Waals surface area contributed by atoms with Crippen molar-refractivity contribution in [2.45, 2.75) is 19.5 Å². The largest absolute Gasteiger partial charge is 0.367 e. The van der Waals surface area contributed by atoms with Gasteiger partial charge in [-0.1, -0.05) is 42.5 Å². The molecule has 1 aliphatic heterocycles. The third-order valence-electron chi connectivity index (χ3n) is 5.00. The molecule has 0 atom stereocenters. The molecule has 0 saturated carbocycles. The average Bonchev–Trinajstić information content (AvgIpc) is 3.33. The normalized spacial score (nSPS) is 13.2. The van der Waals surface area contributed by atoms with Crippen LogP contribution in [-0.4, -0.2) is 27.1 Å². The van der Waals surface area contributed by atoms with Gasteiger partial charge in [0.15, 0.2) is 0 Å². The van der Waals surface area contributed by atoms with Crippen LogP contribution in [0, 0.1) is 0 Å². The van der Waals surface area contributed by atoms with Gasteiger partial charge in [0.2, 0.25) is 10.0 Å². The third-order valence-corrected chi connectivity index (χ3v) is 6.50. The van der Waals surface area contributed by atoms with Crippen LogP contribution in [0.2, 0.25) is 0 Å². The highest BCUT2D eigenvalue weighted by molar-refractivity contribution is 7.92. The second-order valence-corrected chi connectivity index (χ2v) is 10.0. The molecule has 3 aromatic rings. The predicted molar refractivity (Wildman–Crippen MR) is 122 cm³/mol. The number of anilines is 2. The Kier molecular flexibility index (Phi) is 5.78. The second kappa shape index (κ2) is 8.49. The first-order valence-electron chi connectivity index (χ1n) is 9.63. The molecule has 6 nitrogen and oxygen atoms in total. The van der Waals surface area contributed by atoms with Crippen LogP contribution in [0.5, 0.6) is 0 Å². The van der Waals surface area contributed by atoms with Gasteiger partial charge in [-0.15, -0.1) is 11.3 Å². The van der Waals surface area contributed by atoms with E-state index in [2.05, 4.69) is 51.3 Å². The highest BCUT2D eigenvalue weighted by atomic mass is 32.2. The number of carbonyl (C=O) groups excluding carboxylic acids is 1. The van der Waals surface area contributed by atoms with Crippen molar-refractivity contribution in [3.63, 3.8) is 0 Å². The summed E-state index contributed by atoms with van der Waals surface area (Å²) < 4.78 is 25.2. The van der Waals surface area contributed by atoms with E-state index in [0.29, 0.717) is 17.1 Å². The number of fused-ring (bicyclic) bond motifs is 1. The molecule has 30 heavy (non-hydrogen) atoms. The molecule has 0 aliphatic carbocycles. The number of amides is 1. The van der Waals surface area contributed by atoms with E-state index in [-0.39, 0.29) is 5.91 Å². The van der Waals surface area contributed by atoms with Gasteiger partial charge < -0.3 is 10.2 Å². The van der Waals surface area contributed by atoms with E-state index in [4.69, 9.17) is 0 Å². The third kappa shape index (κ3) is 4.83. The Bertz CT molecular complexity index is 1150. The highest BCUT2D eigenvalue weighted by Gasteiger charge is 2.18. The van der Waals surface area contributed by atoms with Crippen molar-refractivity contribution in [3.05, 3.63) is 81.5 Å². The van der Waals surface area contributed by atoms with Gasteiger partial charge in [0.05, 0.1) is 11.9 Å². The Morgan fingerprint density at radius 2 is 1.80 bits per heavy atom. The number of nitrogens with zero attached hydrogens (tertiary/aromatic N) is 1. The van der Waals surface area contributed by atoms with Gasteiger partial charge in [0, 0.05) is 25.3 Å². The summed E-state index contributed by atoms with van der Waals surface area (Å²) in [6.45, 7) is 2.27. The van der Waals surface area contributed by atoms with Crippen LogP contribution >= 0.6 is 11.3 Å². The number of hydrogen-bond acceptors (Lipinski definition) is 5. The lowest BCUT2D eigenvalue weighted by Crippen LogP contribution is -2.23. The van der Waals surface area contributed by atoms with Gasteiger partial charge in [0.25, 0.3) is 5.91 Å². The van der Waals surface area contributed by atoms with E-state index in [1.54, 1.807) is 11.4 Å². The van der Waals surface area contributed by atoms with Crippen LogP contribution in [0.15, 0.2) is 60.0 Å². The zero-order valence-electron chi connectivity index (χ0n) is 16.6. The molecule has 1 amide bonds. The molecule has 8 heteroatoms. The van der Waals surface area contributed by atoms with Crippen molar-refractivity contribution in [1.82, 2.24) is 5.32 Å². The van der Waals surface area contributed by atoms with Crippen LogP contribution in [0.25, 0.3) is 0 Å². The molecule has 1 aliphatic rings. The summed E-state index contributed by atoms with van der Waals surface area (Å²) in [7, 11) is -3.43. The van der Waals surface area contributed by atoms with E-state index < -0.39 is 10.0 Å².